The predicted molar refractivity (Wildman–Crippen MR) is 119 cm³/mol. The largest absolute Gasteiger partial charge is 0.356 e. The molecule has 2 amide bonds. The zero-order valence-corrected chi connectivity index (χ0v) is 18.6. The van der Waals surface area contributed by atoms with E-state index in [4.69, 9.17) is 0 Å². The van der Waals surface area contributed by atoms with Crippen LogP contribution in [-0.4, -0.2) is 23.3 Å². The number of aromatic nitrogens is 1. The molecule has 4 fully saturated rings. The molecule has 1 aromatic heterocycles. The van der Waals surface area contributed by atoms with Gasteiger partial charge >= 0.3 is 0 Å². The Hall–Kier alpha value is -2.35. The molecule has 4 saturated carbocycles. The van der Waals surface area contributed by atoms with Crippen LogP contribution in [0.4, 0.5) is 13.9 Å². The Bertz CT molecular complexity index is 1000. The molecule has 170 valence electrons. The molecular formula is C24H27F2N3O2S. The molecule has 8 heteroatoms. The van der Waals surface area contributed by atoms with Gasteiger partial charge in [0, 0.05) is 29.3 Å². The van der Waals surface area contributed by atoms with Crippen LogP contribution in [0, 0.1) is 34.8 Å². The van der Waals surface area contributed by atoms with Gasteiger partial charge in [-0.05, 0) is 80.9 Å². The molecule has 2 N–H and O–H groups in total. The van der Waals surface area contributed by atoms with Crippen LogP contribution in [0.5, 0.6) is 0 Å². The minimum atomic E-state index is -0.934. The Morgan fingerprint density at radius 3 is 2.41 bits per heavy atom. The van der Waals surface area contributed by atoms with E-state index >= 15 is 0 Å². The number of thiazole rings is 1. The Balaban J connectivity index is 1.07. The van der Waals surface area contributed by atoms with Crippen LogP contribution in [0.3, 0.4) is 0 Å². The first-order valence-electron chi connectivity index (χ1n) is 11.4. The average molecular weight is 460 g/mol. The number of nitrogens with zero attached hydrogens (tertiary/aromatic N) is 1. The van der Waals surface area contributed by atoms with Crippen LogP contribution in [0.25, 0.3) is 11.3 Å². The van der Waals surface area contributed by atoms with E-state index in [1.54, 1.807) is 5.38 Å². The second kappa shape index (κ2) is 8.54. The maximum atomic E-state index is 13.4. The number of hydrogen-bond acceptors (Lipinski definition) is 4. The lowest BCUT2D eigenvalue weighted by atomic mass is 9.49. The molecule has 0 saturated heterocycles. The fraction of sp³-hybridized carbons (Fsp3) is 0.542. The fourth-order valence-electron chi connectivity index (χ4n) is 6.33. The zero-order chi connectivity index (χ0) is 22.3. The molecular weight excluding hydrogens is 432 g/mol. The summed E-state index contributed by atoms with van der Waals surface area (Å²) in [7, 11) is 0. The molecule has 0 spiro atoms. The molecule has 1 heterocycles. The summed E-state index contributed by atoms with van der Waals surface area (Å²) >= 11 is 1.23. The van der Waals surface area contributed by atoms with E-state index in [0.717, 1.165) is 49.1 Å². The number of nitrogens with one attached hydrogen (secondary N) is 2. The number of rotatable bonds is 7. The summed E-state index contributed by atoms with van der Waals surface area (Å²) in [5.41, 5.74) is 0.772. The highest BCUT2D eigenvalue weighted by molar-refractivity contribution is 7.14. The first-order chi connectivity index (χ1) is 15.4. The summed E-state index contributed by atoms with van der Waals surface area (Å²) in [4.78, 5) is 29.5. The molecule has 32 heavy (non-hydrogen) atoms. The van der Waals surface area contributed by atoms with E-state index in [-0.39, 0.29) is 23.7 Å². The van der Waals surface area contributed by atoms with Crippen molar-refractivity contribution >= 4 is 28.3 Å². The maximum Gasteiger partial charge on any atom is 0.226 e. The molecule has 0 aliphatic heterocycles. The molecule has 2 aromatic rings. The maximum absolute atomic E-state index is 13.4. The second-order valence-electron chi connectivity index (χ2n) is 9.77. The van der Waals surface area contributed by atoms with Crippen LogP contribution in [-0.2, 0) is 9.59 Å². The predicted octanol–water partition coefficient (Wildman–Crippen LogP) is 5.14. The molecule has 1 aromatic carbocycles. The molecule has 0 atom stereocenters. The molecule has 5 nitrogen and oxygen atoms in total. The first kappa shape index (κ1) is 21.5. The van der Waals surface area contributed by atoms with Crippen molar-refractivity contribution in [3.8, 4) is 11.3 Å². The molecule has 4 aliphatic rings. The third-order valence-corrected chi connectivity index (χ3v) is 8.11. The van der Waals surface area contributed by atoms with E-state index in [1.807, 2.05) is 0 Å². The van der Waals surface area contributed by atoms with Gasteiger partial charge in [-0.1, -0.05) is 0 Å². The standard InChI is InChI=1S/C24H27F2N3O2S/c25-18-4-3-17(9-19(18)26)20-13-32-23(28-20)29-21(30)2-1-5-27-22(31)24-10-14-6-15(11-24)8-16(7-14)12-24/h3-4,9,13-16H,1-2,5-8,10-12H2,(H,27,31)(H,28,29,30). The highest BCUT2D eigenvalue weighted by atomic mass is 32.1. The van der Waals surface area contributed by atoms with Crippen LogP contribution in [0.1, 0.15) is 51.4 Å². The second-order valence-corrected chi connectivity index (χ2v) is 10.6. The van der Waals surface area contributed by atoms with Crippen molar-refractivity contribution in [3.63, 3.8) is 0 Å². The van der Waals surface area contributed by atoms with Gasteiger partial charge in [0.2, 0.25) is 11.8 Å². The Morgan fingerprint density at radius 2 is 1.75 bits per heavy atom. The zero-order valence-electron chi connectivity index (χ0n) is 17.8. The van der Waals surface area contributed by atoms with Crippen molar-refractivity contribution < 1.29 is 18.4 Å². The minimum Gasteiger partial charge on any atom is -0.356 e. The smallest absolute Gasteiger partial charge is 0.226 e. The van der Waals surface area contributed by atoms with E-state index in [2.05, 4.69) is 15.6 Å². The quantitative estimate of drug-likeness (QED) is 0.563. The Kier molecular flexibility index (Phi) is 5.73. The summed E-state index contributed by atoms with van der Waals surface area (Å²) < 4.78 is 26.5. The minimum absolute atomic E-state index is 0.159. The lowest BCUT2D eigenvalue weighted by molar-refractivity contribution is -0.146. The van der Waals surface area contributed by atoms with Crippen molar-refractivity contribution in [3.05, 3.63) is 35.2 Å². The Morgan fingerprint density at radius 1 is 1.06 bits per heavy atom. The van der Waals surface area contributed by atoms with E-state index in [1.165, 1.54) is 36.7 Å². The van der Waals surface area contributed by atoms with Gasteiger partial charge in [-0.2, -0.15) is 0 Å². The number of carbonyl (C=O) groups excluding carboxylic acids is 2. The monoisotopic (exact) mass is 459 g/mol. The van der Waals surface area contributed by atoms with Gasteiger partial charge in [0.05, 0.1) is 5.69 Å². The highest BCUT2D eigenvalue weighted by Crippen LogP contribution is 2.60. The number of carbonyl (C=O) groups is 2. The van der Waals surface area contributed by atoms with E-state index < -0.39 is 11.6 Å². The number of anilines is 1. The summed E-state index contributed by atoms with van der Waals surface area (Å²) in [6, 6.07) is 3.59. The van der Waals surface area contributed by atoms with Gasteiger partial charge in [0.1, 0.15) is 0 Å². The molecule has 4 bridgehead atoms. The summed E-state index contributed by atoms with van der Waals surface area (Å²) in [6.45, 7) is 0.492. The van der Waals surface area contributed by atoms with Gasteiger partial charge in [-0.25, -0.2) is 13.8 Å². The van der Waals surface area contributed by atoms with Crippen molar-refractivity contribution in [1.82, 2.24) is 10.3 Å². The van der Waals surface area contributed by atoms with Gasteiger partial charge in [-0.15, -0.1) is 11.3 Å². The van der Waals surface area contributed by atoms with Crippen LogP contribution in [0.15, 0.2) is 23.6 Å². The highest BCUT2D eigenvalue weighted by Gasteiger charge is 2.54. The summed E-state index contributed by atoms with van der Waals surface area (Å²) in [5.74, 6) is 0.352. The molecule has 0 unspecified atom stereocenters. The van der Waals surface area contributed by atoms with Gasteiger partial charge in [-0.3, -0.25) is 9.59 Å². The topological polar surface area (TPSA) is 71.1 Å². The van der Waals surface area contributed by atoms with Gasteiger partial charge in [0.15, 0.2) is 16.8 Å². The van der Waals surface area contributed by atoms with Crippen molar-refractivity contribution in [2.75, 3.05) is 11.9 Å². The van der Waals surface area contributed by atoms with Crippen LogP contribution >= 0.6 is 11.3 Å². The van der Waals surface area contributed by atoms with Gasteiger partial charge < -0.3 is 10.6 Å². The molecule has 0 radical (unpaired) electrons. The van der Waals surface area contributed by atoms with Crippen molar-refractivity contribution in [2.24, 2.45) is 23.2 Å². The SMILES string of the molecule is O=C(CCCNC(=O)C12CC3CC(CC(C3)C1)C2)Nc1nc(-c2ccc(F)c(F)c2)cs1. The van der Waals surface area contributed by atoms with Gasteiger partial charge in [0.25, 0.3) is 0 Å². The lowest BCUT2D eigenvalue weighted by Crippen LogP contribution is -2.53. The molecule has 6 rings (SSSR count). The normalized spacial score (nSPS) is 28.0. The molecule has 4 aliphatic carbocycles. The fourth-order valence-corrected chi connectivity index (χ4v) is 7.06. The summed E-state index contributed by atoms with van der Waals surface area (Å²) in [5, 5.41) is 7.94. The number of amides is 2. The van der Waals surface area contributed by atoms with Crippen LogP contribution < -0.4 is 10.6 Å². The number of benzene rings is 1. The Labute approximate surface area is 190 Å². The van der Waals surface area contributed by atoms with E-state index in [9.17, 15) is 18.4 Å². The van der Waals surface area contributed by atoms with Crippen LogP contribution in [0.2, 0.25) is 0 Å². The number of halogens is 2. The lowest BCUT2D eigenvalue weighted by Gasteiger charge is -2.55. The first-order valence-corrected chi connectivity index (χ1v) is 12.3. The summed E-state index contributed by atoms with van der Waals surface area (Å²) in [6.07, 6.45) is 7.87. The van der Waals surface area contributed by atoms with Crippen molar-refractivity contribution in [1.29, 1.82) is 0 Å². The average Bonchev–Trinajstić information content (AvgIpc) is 3.20. The third kappa shape index (κ3) is 4.29. The van der Waals surface area contributed by atoms with E-state index in [0.29, 0.717) is 29.4 Å². The number of hydrogen-bond donors (Lipinski definition) is 2. The third-order valence-electron chi connectivity index (χ3n) is 7.35. The van der Waals surface area contributed by atoms with Crippen molar-refractivity contribution in [2.45, 2.75) is 51.4 Å².